The van der Waals surface area contributed by atoms with Crippen LogP contribution in [0.25, 0.3) is 220 Å². The van der Waals surface area contributed by atoms with Crippen LogP contribution < -0.4 is 0 Å². The Morgan fingerprint density at radius 3 is 0.804 bits per heavy atom. The predicted octanol–water partition coefficient (Wildman–Crippen LogP) is 27.3. The van der Waals surface area contributed by atoms with E-state index in [9.17, 15) is 0 Å². The van der Waals surface area contributed by atoms with E-state index >= 15 is 0 Å². The van der Waals surface area contributed by atoms with Gasteiger partial charge in [0.15, 0.2) is 0 Å². The SMILES string of the molecule is Cc1cc(-c2ccccc2)c2c(c1-c1ccccc1)-c1cccc3c(-c4ccc5c6c(-c7ccccc7)c7c8ccc(-c9ccc%10c%11c(cccc9%11)-c9c(-c%11ccccc%11)c(C)c(C)c(-c%11ccccc%11)c9-%10)c9cccc(c7c(-c7ccccc7)c6c6cccc4c65)c98)ccc-2c13. The molecule has 2 aliphatic carbocycles. The van der Waals surface area contributed by atoms with Crippen LogP contribution in [0.5, 0.6) is 0 Å². The van der Waals surface area contributed by atoms with Gasteiger partial charge in [-0.2, -0.15) is 0 Å². The molecule has 0 unspecified atom stereocenters. The first-order chi connectivity index (χ1) is 48.0. The average molecular weight is 1230 g/mol. The topological polar surface area (TPSA) is 0 Å². The van der Waals surface area contributed by atoms with Gasteiger partial charge in [-0.25, -0.2) is 0 Å². The van der Waals surface area contributed by atoms with Crippen molar-refractivity contribution >= 4 is 86.2 Å². The number of hydrogen-bond donors (Lipinski definition) is 0. The largest absolute Gasteiger partial charge is 0.0622 e. The zero-order valence-electron chi connectivity index (χ0n) is 53.9. The first-order valence-electron chi connectivity index (χ1n) is 34.2. The molecule has 2 aliphatic rings. The number of aryl methyl sites for hydroxylation is 1. The second-order valence-electron chi connectivity index (χ2n) is 27.1. The molecule has 19 aromatic carbocycles. The number of benzene rings is 17. The van der Waals surface area contributed by atoms with Gasteiger partial charge in [0.05, 0.1) is 0 Å². The molecule has 0 radical (unpaired) electrons. The van der Waals surface area contributed by atoms with Crippen LogP contribution in [-0.2, 0) is 0 Å². The number of fused-ring (bicyclic) bond motifs is 12. The van der Waals surface area contributed by atoms with Gasteiger partial charge < -0.3 is 0 Å². The fourth-order valence-electron chi connectivity index (χ4n) is 18.5. The normalized spacial score (nSPS) is 12.3. The summed E-state index contributed by atoms with van der Waals surface area (Å²) in [6, 6.07) is 117. The Morgan fingerprint density at radius 1 is 0.144 bits per heavy atom. The van der Waals surface area contributed by atoms with Crippen LogP contribution in [-0.4, -0.2) is 0 Å². The van der Waals surface area contributed by atoms with E-state index in [4.69, 9.17) is 0 Å². The summed E-state index contributed by atoms with van der Waals surface area (Å²) in [6.45, 7) is 6.96. The van der Waals surface area contributed by atoms with Gasteiger partial charge in [-0.3, -0.25) is 0 Å². The molecule has 0 spiro atoms. The minimum atomic E-state index is 1.22. The van der Waals surface area contributed by atoms with Gasteiger partial charge in [0, 0.05) is 0 Å². The highest BCUT2D eigenvalue weighted by atomic mass is 14.4. The van der Waals surface area contributed by atoms with Gasteiger partial charge >= 0.3 is 0 Å². The quantitative estimate of drug-likeness (QED) is 0.142. The Bertz CT molecular complexity index is 6380. The molecule has 0 heteroatoms. The van der Waals surface area contributed by atoms with Crippen molar-refractivity contribution in [2.24, 2.45) is 0 Å². The lowest BCUT2D eigenvalue weighted by Gasteiger charge is -2.22. The summed E-state index contributed by atoms with van der Waals surface area (Å²) in [6.07, 6.45) is 0. The molecule has 21 rings (SSSR count). The maximum absolute atomic E-state index is 2.48. The van der Waals surface area contributed by atoms with E-state index < -0.39 is 0 Å². The average Bonchev–Trinajstić information content (AvgIpc) is 1.52. The van der Waals surface area contributed by atoms with E-state index in [-0.39, 0.29) is 0 Å². The van der Waals surface area contributed by atoms with Crippen LogP contribution in [0.3, 0.4) is 0 Å². The molecule has 0 nitrogen and oxygen atoms in total. The summed E-state index contributed by atoms with van der Waals surface area (Å²) >= 11 is 0. The van der Waals surface area contributed by atoms with Crippen molar-refractivity contribution in [1.29, 1.82) is 0 Å². The summed E-state index contributed by atoms with van der Waals surface area (Å²) < 4.78 is 0. The summed E-state index contributed by atoms with van der Waals surface area (Å²) in [5.74, 6) is 0. The standard InChI is InChI=1S/C97H60/c1-55-54-80(58-26-10-4-11-27-58)90-76-50-46-64(68-38-22-42-72(86(68)76)91(90)81(55)59-28-12-5-13-29-59)66-48-52-78-88-70(66)40-24-44-74(88)94-84(62-34-18-8-19-35-62)95-75-45-25-41-71-67(49-53-79(89(71)75)97(95)85(96(78)94)63-36-20-9-21-37-63)65-47-51-77-87-69(65)39-23-43-73(87)92-82(60-30-14-6-15-31-60)56(2)57(3)83(93(77)92)61-32-16-7-17-33-61/h4-54H,1-3H3. The van der Waals surface area contributed by atoms with Crippen molar-refractivity contribution in [2.45, 2.75) is 20.8 Å². The molecular weight excluding hydrogens is 1170 g/mol. The summed E-state index contributed by atoms with van der Waals surface area (Å²) in [7, 11) is 0. The van der Waals surface area contributed by atoms with Gasteiger partial charge in [0.2, 0.25) is 0 Å². The Balaban J connectivity index is 0.817. The monoisotopic (exact) mass is 1220 g/mol. The van der Waals surface area contributed by atoms with Crippen molar-refractivity contribution in [2.75, 3.05) is 0 Å². The molecule has 0 N–H and O–H groups in total. The molecule has 0 saturated carbocycles. The van der Waals surface area contributed by atoms with Crippen LogP contribution in [0.2, 0.25) is 0 Å². The van der Waals surface area contributed by atoms with Gasteiger partial charge in [0.1, 0.15) is 0 Å². The number of rotatable bonds is 8. The summed E-state index contributed by atoms with van der Waals surface area (Å²) in [5, 5.41) is 20.7. The second kappa shape index (κ2) is 20.4. The third-order valence-corrected chi connectivity index (χ3v) is 22.4. The van der Waals surface area contributed by atoms with E-state index in [1.807, 2.05) is 0 Å². The van der Waals surface area contributed by atoms with E-state index in [1.165, 1.54) is 236 Å². The Hall–Kier alpha value is -12.2. The van der Waals surface area contributed by atoms with E-state index in [0.29, 0.717) is 0 Å². The molecule has 0 atom stereocenters. The highest BCUT2D eigenvalue weighted by molar-refractivity contribution is 6.47. The summed E-state index contributed by atoms with van der Waals surface area (Å²) in [5.41, 5.74) is 34.7. The van der Waals surface area contributed by atoms with Gasteiger partial charge in [-0.05, 0) is 257 Å². The summed E-state index contributed by atoms with van der Waals surface area (Å²) in [4.78, 5) is 0. The second-order valence-corrected chi connectivity index (χ2v) is 27.1. The highest BCUT2D eigenvalue weighted by Gasteiger charge is 2.35. The lowest BCUT2D eigenvalue weighted by molar-refractivity contribution is 1.34. The molecule has 0 saturated heterocycles. The van der Waals surface area contributed by atoms with Crippen LogP contribution >= 0.6 is 0 Å². The molecule has 19 aromatic rings. The van der Waals surface area contributed by atoms with Crippen LogP contribution in [0.15, 0.2) is 309 Å². The Labute approximate surface area is 562 Å². The lowest BCUT2D eigenvalue weighted by atomic mass is 9.81. The molecule has 0 fully saturated rings. The minimum Gasteiger partial charge on any atom is -0.0622 e. The van der Waals surface area contributed by atoms with Gasteiger partial charge in [-0.1, -0.05) is 309 Å². The minimum absolute atomic E-state index is 1.22. The smallest absolute Gasteiger partial charge is 0.000718 e. The van der Waals surface area contributed by atoms with E-state index in [2.05, 4.69) is 330 Å². The zero-order valence-corrected chi connectivity index (χ0v) is 53.9. The fraction of sp³-hybridized carbons (Fsp3) is 0.0309. The number of hydrogen-bond acceptors (Lipinski definition) is 0. The zero-order chi connectivity index (χ0) is 63.9. The first-order valence-corrected chi connectivity index (χ1v) is 34.2. The maximum atomic E-state index is 2.48. The predicted molar refractivity (Wildman–Crippen MR) is 415 cm³/mol. The lowest BCUT2D eigenvalue weighted by Crippen LogP contribution is -1.98. The molecule has 448 valence electrons. The van der Waals surface area contributed by atoms with E-state index in [0.717, 1.165) is 0 Å². The fourth-order valence-corrected chi connectivity index (χ4v) is 18.5. The van der Waals surface area contributed by atoms with Crippen LogP contribution in [0.1, 0.15) is 16.7 Å². The first kappa shape index (κ1) is 54.2. The molecule has 0 heterocycles. The molecule has 0 aromatic heterocycles. The van der Waals surface area contributed by atoms with Gasteiger partial charge in [0.25, 0.3) is 0 Å². The Kier molecular flexibility index (Phi) is 11.4. The highest BCUT2D eigenvalue weighted by Crippen LogP contribution is 2.62. The van der Waals surface area contributed by atoms with Gasteiger partial charge in [-0.15, -0.1) is 0 Å². The van der Waals surface area contributed by atoms with Crippen molar-refractivity contribution in [3.63, 3.8) is 0 Å². The van der Waals surface area contributed by atoms with E-state index in [1.54, 1.807) is 0 Å². The van der Waals surface area contributed by atoms with Crippen molar-refractivity contribution in [1.82, 2.24) is 0 Å². The molecule has 0 aliphatic heterocycles. The van der Waals surface area contributed by atoms with Crippen LogP contribution in [0.4, 0.5) is 0 Å². The third kappa shape index (κ3) is 7.37. The molecule has 97 heavy (non-hydrogen) atoms. The third-order valence-electron chi connectivity index (χ3n) is 22.4. The Morgan fingerprint density at radius 2 is 0.412 bits per heavy atom. The molecular formula is C97H60. The molecule has 0 amide bonds. The van der Waals surface area contributed by atoms with Crippen molar-refractivity contribution < 1.29 is 0 Å². The van der Waals surface area contributed by atoms with Crippen molar-refractivity contribution in [3.8, 4) is 134 Å². The molecule has 0 bridgehead atoms. The van der Waals surface area contributed by atoms with Crippen molar-refractivity contribution in [3.05, 3.63) is 326 Å². The van der Waals surface area contributed by atoms with Crippen LogP contribution in [0, 0.1) is 20.8 Å². The maximum Gasteiger partial charge on any atom is -0.000718 e.